The molecule has 0 aromatic heterocycles. The van der Waals surface area contributed by atoms with E-state index in [1.807, 2.05) is 0 Å². The second-order valence-electron chi connectivity index (χ2n) is 3.99. The molecule has 0 spiro atoms. The Morgan fingerprint density at radius 1 is 1.44 bits per heavy atom. The highest BCUT2D eigenvalue weighted by Gasteiger charge is 2.07. The van der Waals surface area contributed by atoms with Gasteiger partial charge >= 0.3 is 0 Å². The zero-order chi connectivity index (χ0) is 12.1. The lowest BCUT2D eigenvalue weighted by Crippen LogP contribution is -2.06. The maximum absolute atomic E-state index is 5.74. The number of allylic oxidation sites excluding steroid dienone is 1. The highest BCUT2D eigenvalue weighted by Crippen LogP contribution is 2.23. The first-order chi connectivity index (χ1) is 7.50. The molecule has 0 amide bonds. The van der Waals surface area contributed by atoms with Gasteiger partial charge in [-0.15, -0.1) is 23.2 Å². The van der Waals surface area contributed by atoms with Gasteiger partial charge in [0.25, 0.3) is 0 Å². The van der Waals surface area contributed by atoms with Crippen molar-refractivity contribution in [1.29, 1.82) is 0 Å². The van der Waals surface area contributed by atoms with E-state index in [-0.39, 0.29) is 4.46 Å². The lowest BCUT2D eigenvalue weighted by molar-refractivity contribution is 0.896. The summed E-state index contributed by atoms with van der Waals surface area (Å²) >= 11 is 11.5. The van der Waals surface area contributed by atoms with E-state index in [2.05, 4.69) is 44.7 Å². The molecule has 1 aromatic carbocycles. The molecule has 0 bridgehead atoms. The van der Waals surface area contributed by atoms with Crippen LogP contribution in [0.3, 0.4) is 0 Å². The molecule has 1 unspecified atom stereocenters. The molecule has 86 valence electrons. The van der Waals surface area contributed by atoms with Crippen molar-refractivity contribution in [3.8, 4) is 0 Å². The van der Waals surface area contributed by atoms with Crippen LogP contribution >= 0.6 is 23.2 Å². The first-order valence-electron chi connectivity index (χ1n) is 5.26. The number of benzene rings is 1. The molecule has 0 aliphatic rings. The number of halogens is 2. The SMILES string of the molecule is C=C(C)C(C)c1cccc(C[Si]C(Cl)Cl)c1. The highest BCUT2D eigenvalue weighted by molar-refractivity contribution is 6.68. The second-order valence-corrected chi connectivity index (χ2v) is 7.16. The Kier molecular flexibility index (Phi) is 5.60. The summed E-state index contributed by atoms with van der Waals surface area (Å²) in [6.45, 7) is 8.23. The molecular weight excluding hydrogens is 255 g/mol. The van der Waals surface area contributed by atoms with Gasteiger partial charge < -0.3 is 0 Å². The van der Waals surface area contributed by atoms with Crippen LogP contribution in [0.15, 0.2) is 36.4 Å². The van der Waals surface area contributed by atoms with Gasteiger partial charge in [-0.3, -0.25) is 0 Å². The largest absolute Gasteiger partial charge is 0.110 e. The third-order valence-corrected chi connectivity index (χ3v) is 4.50. The topological polar surface area (TPSA) is 0 Å². The van der Waals surface area contributed by atoms with Crippen LogP contribution in [-0.4, -0.2) is 14.0 Å². The van der Waals surface area contributed by atoms with Gasteiger partial charge in [-0.05, 0) is 18.5 Å². The summed E-state index contributed by atoms with van der Waals surface area (Å²) < 4.78 is -0.248. The second kappa shape index (κ2) is 6.48. The van der Waals surface area contributed by atoms with Crippen LogP contribution in [-0.2, 0) is 6.04 Å². The van der Waals surface area contributed by atoms with Crippen molar-refractivity contribution in [3.63, 3.8) is 0 Å². The molecular formula is C13H16Cl2Si. The van der Waals surface area contributed by atoms with Crippen LogP contribution < -0.4 is 0 Å². The first-order valence-corrected chi connectivity index (χ1v) is 7.42. The van der Waals surface area contributed by atoms with Crippen LogP contribution in [0.2, 0.25) is 0 Å². The summed E-state index contributed by atoms with van der Waals surface area (Å²) in [4.78, 5) is 0. The Balaban J connectivity index is 2.74. The minimum atomic E-state index is -0.248. The van der Waals surface area contributed by atoms with E-state index in [1.54, 1.807) is 0 Å². The van der Waals surface area contributed by atoms with Gasteiger partial charge in [0.15, 0.2) is 0 Å². The molecule has 1 aromatic rings. The van der Waals surface area contributed by atoms with Gasteiger partial charge in [-0.25, -0.2) is 0 Å². The van der Waals surface area contributed by atoms with Gasteiger partial charge in [0, 0.05) is 5.92 Å². The highest BCUT2D eigenvalue weighted by atomic mass is 35.5. The molecule has 1 rings (SSSR count). The summed E-state index contributed by atoms with van der Waals surface area (Å²) in [5.74, 6) is 0.408. The Hall–Kier alpha value is -0.243. The van der Waals surface area contributed by atoms with E-state index in [4.69, 9.17) is 23.2 Å². The van der Waals surface area contributed by atoms with Gasteiger partial charge in [-0.2, -0.15) is 0 Å². The predicted octanol–water partition coefficient (Wildman–Crippen LogP) is 4.33. The first kappa shape index (κ1) is 13.8. The molecule has 0 heterocycles. The summed E-state index contributed by atoms with van der Waals surface area (Å²) in [5.41, 5.74) is 3.80. The lowest BCUT2D eigenvalue weighted by Gasteiger charge is -2.13. The average molecular weight is 271 g/mol. The molecule has 0 aliphatic heterocycles. The molecule has 0 N–H and O–H groups in total. The van der Waals surface area contributed by atoms with Crippen molar-refractivity contribution in [1.82, 2.24) is 0 Å². The fourth-order valence-electron chi connectivity index (χ4n) is 1.45. The Labute approximate surface area is 110 Å². The van der Waals surface area contributed by atoms with Gasteiger partial charge in [0.2, 0.25) is 0 Å². The molecule has 3 heteroatoms. The van der Waals surface area contributed by atoms with E-state index in [1.165, 1.54) is 16.7 Å². The van der Waals surface area contributed by atoms with Gasteiger partial charge in [0.1, 0.15) is 0 Å². The molecule has 0 nitrogen and oxygen atoms in total. The number of alkyl halides is 2. The van der Waals surface area contributed by atoms with Crippen LogP contribution in [0.25, 0.3) is 0 Å². The quantitative estimate of drug-likeness (QED) is 0.425. The maximum Gasteiger partial charge on any atom is 0.0932 e. The third kappa shape index (κ3) is 4.32. The molecule has 0 fully saturated rings. The van der Waals surface area contributed by atoms with Crippen molar-refractivity contribution in [2.45, 2.75) is 30.3 Å². The predicted molar refractivity (Wildman–Crippen MR) is 74.6 cm³/mol. The van der Waals surface area contributed by atoms with Crippen LogP contribution in [0.1, 0.15) is 30.9 Å². The van der Waals surface area contributed by atoms with E-state index in [0.29, 0.717) is 15.4 Å². The number of hydrogen-bond acceptors (Lipinski definition) is 0. The Morgan fingerprint density at radius 3 is 2.69 bits per heavy atom. The van der Waals surface area contributed by atoms with Crippen molar-refractivity contribution in [2.24, 2.45) is 0 Å². The van der Waals surface area contributed by atoms with Crippen molar-refractivity contribution < 1.29 is 0 Å². The standard InChI is InChI=1S/C13H16Cl2Si/c1-9(2)10(3)12-6-4-5-11(7-12)8-16-13(14)15/h4-7,10,13H,1,8H2,2-3H3. The van der Waals surface area contributed by atoms with E-state index in [0.717, 1.165) is 6.04 Å². The van der Waals surface area contributed by atoms with Crippen LogP contribution in [0, 0.1) is 0 Å². The van der Waals surface area contributed by atoms with Crippen molar-refractivity contribution in [2.75, 3.05) is 0 Å². The number of hydrogen-bond donors (Lipinski definition) is 0. The van der Waals surface area contributed by atoms with Crippen LogP contribution in [0.4, 0.5) is 0 Å². The molecule has 0 saturated carbocycles. The van der Waals surface area contributed by atoms with Crippen LogP contribution in [0.5, 0.6) is 0 Å². The summed E-state index contributed by atoms with van der Waals surface area (Å²) in [6.07, 6.45) is 0. The molecule has 0 saturated heterocycles. The summed E-state index contributed by atoms with van der Waals surface area (Å²) in [5, 5.41) is 0. The zero-order valence-corrected chi connectivity index (χ0v) is 12.1. The fraction of sp³-hybridized carbons (Fsp3) is 0.385. The monoisotopic (exact) mass is 270 g/mol. The van der Waals surface area contributed by atoms with E-state index >= 15 is 0 Å². The average Bonchev–Trinajstić information content (AvgIpc) is 2.25. The molecule has 1 atom stereocenters. The summed E-state index contributed by atoms with van der Waals surface area (Å²) in [6, 6.07) is 9.53. The Morgan fingerprint density at radius 2 is 2.12 bits per heavy atom. The van der Waals surface area contributed by atoms with E-state index < -0.39 is 0 Å². The third-order valence-electron chi connectivity index (χ3n) is 2.65. The van der Waals surface area contributed by atoms with Gasteiger partial charge in [-0.1, -0.05) is 48.9 Å². The molecule has 2 radical (unpaired) electrons. The lowest BCUT2D eigenvalue weighted by atomic mass is 9.94. The van der Waals surface area contributed by atoms with Crippen molar-refractivity contribution in [3.05, 3.63) is 47.5 Å². The Bertz CT molecular complexity index is 361. The number of rotatable bonds is 5. The smallest absolute Gasteiger partial charge is 0.0932 e. The fourth-order valence-corrected chi connectivity index (χ4v) is 2.52. The van der Waals surface area contributed by atoms with Crippen molar-refractivity contribution >= 4 is 32.7 Å². The zero-order valence-electron chi connectivity index (χ0n) is 9.63. The maximum atomic E-state index is 5.74. The molecule has 16 heavy (non-hydrogen) atoms. The van der Waals surface area contributed by atoms with Gasteiger partial charge in [0.05, 0.1) is 14.0 Å². The molecule has 0 aliphatic carbocycles. The minimum absolute atomic E-state index is 0.248. The normalized spacial score (nSPS) is 12.8. The van der Waals surface area contributed by atoms with E-state index in [9.17, 15) is 0 Å². The summed E-state index contributed by atoms with van der Waals surface area (Å²) in [7, 11) is 0.559. The minimum Gasteiger partial charge on any atom is -0.110 e.